The van der Waals surface area contributed by atoms with Crippen LogP contribution in [0.5, 0.6) is 5.75 Å². The van der Waals surface area contributed by atoms with Crippen molar-refractivity contribution in [3.63, 3.8) is 0 Å². The number of nitro benzene ring substituents is 2. The molecular weight excluding hydrogens is 434 g/mol. The van der Waals surface area contributed by atoms with Gasteiger partial charge in [0.05, 0.1) is 23.0 Å². The van der Waals surface area contributed by atoms with Crippen LogP contribution in [0.1, 0.15) is 19.3 Å². The number of hydrogen-bond acceptors (Lipinski definition) is 8. The van der Waals surface area contributed by atoms with Gasteiger partial charge in [0.2, 0.25) is 5.91 Å². The van der Waals surface area contributed by atoms with E-state index in [2.05, 4.69) is 15.6 Å². The number of benzene rings is 2. The Labute approximate surface area is 189 Å². The molecule has 13 nitrogen and oxygen atoms in total. The molecule has 6 N–H and O–H groups in total. The van der Waals surface area contributed by atoms with E-state index in [1.54, 1.807) is 24.3 Å². The van der Waals surface area contributed by atoms with Crippen LogP contribution < -0.4 is 26.8 Å². The Hall–Kier alpha value is -4.42. The highest BCUT2D eigenvalue weighted by atomic mass is 16.6. The monoisotopic (exact) mass is 459 g/mol. The molecule has 0 saturated carbocycles. The van der Waals surface area contributed by atoms with Crippen molar-refractivity contribution >= 4 is 34.6 Å². The Balaban J connectivity index is 2.17. The second kappa shape index (κ2) is 11.8. The second-order valence-corrected chi connectivity index (χ2v) is 6.99. The molecule has 0 aliphatic carbocycles. The number of nitro groups is 2. The third-order valence-electron chi connectivity index (χ3n) is 4.56. The van der Waals surface area contributed by atoms with Crippen LogP contribution in [0, 0.1) is 20.2 Å². The molecule has 1 unspecified atom stereocenters. The molecule has 2 aromatic rings. The lowest BCUT2D eigenvalue weighted by Gasteiger charge is -2.19. The van der Waals surface area contributed by atoms with Gasteiger partial charge in [0, 0.05) is 30.8 Å². The number of rotatable bonds is 12. The molecule has 13 heteroatoms. The minimum Gasteiger partial charge on any atom is -0.497 e. The van der Waals surface area contributed by atoms with E-state index in [1.807, 2.05) is 0 Å². The fraction of sp³-hybridized carbons (Fsp3) is 0.300. The number of nitrogens with one attached hydrogen (secondary N) is 2. The summed E-state index contributed by atoms with van der Waals surface area (Å²) in [5, 5.41) is 28.1. The number of nitrogens with zero attached hydrogens (tertiary/aromatic N) is 3. The molecule has 0 radical (unpaired) electrons. The Bertz CT molecular complexity index is 1020. The van der Waals surface area contributed by atoms with Crippen LogP contribution in [0.4, 0.5) is 22.7 Å². The van der Waals surface area contributed by atoms with Crippen molar-refractivity contribution in [3.05, 3.63) is 62.7 Å². The number of anilines is 2. The van der Waals surface area contributed by atoms with Gasteiger partial charge in [0.1, 0.15) is 11.4 Å². The number of amides is 1. The van der Waals surface area contributed by atoms with Crippen molar-refractivity contribution in [2.45, 2.75) is 25.3 Å². The van der Waals surface area contributed by atoms with E-state index in [1.165, 1.54) is 13.2 Å². The zero-order chi connectivity index (χ0) is 24.4. The normalized spacial score (nSPS) is 11.2. The molecular formula is C20H25N7O6. The highest BCUT2D eigenvalue weighted by molar-refractivity contribution is 5.91. The molecule has 176 valence electrons. The fourth-order valence-corrected chi connectivity index (χ4v) is 3.01. The third-order valence-corrected chi connectivity index (χ3v) is 4.56. The maximum absolute atomic E-state index is 12.6. The average molecular weight is 459 g/mol. The summed E-state index contributed by atoms with van der Waals surface area (Å²) in [4.78, 5) is 37.5. The van der Waals surface area contributed by atoms with E-state index < -0.39 is 27.3 Å². The standard InChI is InChI=1S/C20H25N7O6/c1-33-16-7-4-13(5-8-16)25-19(28)11-14(3-2-10-23-20(21)22)24-17-9-6-15(26(29)30)12-18(17)27(31)32/h4-9,12,14,24H,2-3,10-11H2,1H3,(H,25,28)(H4,21,22,23). The molecule has 0 fully saturated rings. The molecule has 0 spiro atoms. The number of guanidine groups is 1. The maximum atomic E-state index is 12.6. The van der Waals surface area contributed by atoms with Crippen molar-refractivity contribution in [1.29, 1.82) is 0 Å². The Morgan fingerprint density at radius 3 is 2.39 bits per heavy atom. The highest BCUT2D eigenvalue weighted by Crippen LogP contribution is 2.30. The van der Waals surface area contributed by atoms with Gasteiger partial charge in [-0.3, -0.25) is 30.0 Å². The van der Waals surface area contributed by atoms with Gasteiger partial charge in [-0.15, -0.1) is 0 Å². The summed E-state index contributed by atoms with van der Waals surface area (Å²) in [6.45, 7) is 0.308. The van der Waals surface area contributed by atoms with E-state index in [0.29, 0.717) is 30.8 Å². The van der Waals surface area contributed by atoms with Crippen LogP contribution in [0.25, 0.3) is 0 Å². The molecule has 0 bridgehead atoms. The molecule has 2 aromatic carbocycles. The van der Waals surface area contributed by atoms with Crippen molar-refractivity contribution in [1.82, 2.24) is 0 Å². The molecule has 0 heterocycles. The van der Waals surface area contributed by atoms with Crippen LogP contribution in [-0.4, -0.2) is 41.4 Å². The summed E-state index contributed by atoms with van der Waals surface area (Å²) in [5.74, 6) is 0.240. The summed E-state index contributed by atoms with van der Waals surface area (Å²) < 4.78 is 5.08. The van der Waals surface area contributed by atoms with Gasteiger partial charge < -0.3 is 26.8 Å². The van der Waals surface area contributed by atoms with Gasteiger partial charge in [-0.2, -0.15) is 0 Å². The van der Waals surface area contributed by atoms with Crippen LogP contribution in [0.15, 0.2) is 47.5 Å². The first-order valence-electron chi connectivity index (χ1n) is 9.88. The SMILES string of the molecule is COc1ccc(NC(=O)CC(CCCN=C(N)N)Nc2ccc([N+](=O)[O-])cc2[N+](=O)[O-])cc1. The molecule has 33 heavy (non-hydrogen) atoms. The van der Waals surface area contributed by atoms with Crippen LogP contribution in [0.3, 0.4) is 0 Å². The molecule has 0 aliphatic rings. The lowest BCUT2D eigenvalue weighted by atomic mass is 10.1. The minimum absolute atomic E-state index is 0.0258. The van der Waals surface area contributed by atoms with E-state index >= 15 is 0 Å². The predicted molar refractivity (Wildman–Crippen MR) is 123 cm³/mol. The van der Waals surface area contributed by atoms with E-state index in [9.17, 15) is 25.0 Å². The lowest BCUT2D eigenvalue weighted by molar-refractivity contribution is -0.393. The number of methoxy groups -OCH3 is 1. The number of non-ortho nitro benzene ring substituents is 1. The topological polar surface area (TPSA) is 201 Å². The summed E-state index contributed by atoms with van der Waals surface area (Å²) in [6.07, 6.45) is 0.870. The smallest absolute Gasteiger partial charge is 0.299 e. The van der Waals surface area contributed by atoms with Gasteiger partial charge in [0.15, 0.2) is 5.96 Å². The summed E-state index contributed by atoms with van der Waals surface area (Å²) in [6, 6.07) is 9.50. The van der Waals surface area contributed by atoms with Crippen molar-refractivity contribution in [3.8, 4) is 5.75 Å². The molecule has 1 amide bonds. The van der Waals surface area contributed by atoms with Gasteiger partial charge >= 0.3 is 0 Å². The van der Waals surface area contributed by atoms with Crippen molar-refractivity contribution in [2.24, 2.45) is 16.5 Å². The van der Waals surface area contributed by atoms with Gasteiger partial charge in [0.25, 0.3) is 11.4 Å². The zero-order valence-corrected chi connectivity index (χ0v) is 17.9. The van der Waals surface area contributed by atoms with Crippen molar-refractivity contribution < 1.29 is 19.4 Å². The number of ether oxygens (including phenoxy) is 1. The highest BCUT2D eigenvalue weighted by Gasteiger charge is 2.23. The first-order chi connectivity index (χ1) is 15.7. The lowest BCUT2D eigenvalue weighted by Crippen LogP contribution is -2.27. The van der Waals surface area contributed by atoms with E-state index in [-0.39, 0.29) is 24.0 Å². The van der Waals surface area contributed by atoms with Crippen LogP contribution >= 0.6 is 0 Å². The van der Waals surface area contributed by atoms with E-state index in [0.717, 1.165) is 12.1 Å². The average Bonchev–Trinajstić information content (AvgIpc) is 2.76. The zero-order valence-electron chi connectivity index (χ0n) is 17.9. The number of aliphatic imine (C=N–C) groups is 1. The Kier molecular flexibility index (Phi) is 8.91. The first kappa shape index (κ1) is 24.8. The number of hydrogen-bond donors (Lipinski definition) is 4. The summed E-state index contributed by atoms with van der Waals surface area (Å²) in [5.41, 5.74) is 10.4. The van der Waals surface area contributed by atoms with Gasteiger partial charge in [-0.05, 0) is 43.2 Å². The number of nitrogens with two attached hydrogens (primary N) is 2. The van der Waals surface area contributed by atoms with E-state index in [4.69, 9.17) is 16.2 Å². The molecule has 0 aromatic heterocycles. The first-order valence-corrected chi connectivity index (χ1v) is 9.88. The van der Waals surface area contributed by atoms with Gasteiger partial charge in [-0.25, -0.2) is 0 Å². The second-order valence-electron chi connectivity index (χ2n) is 6.99. The van der Waals surface area contributed by atoms with Crippen molar-refractivity contribution in [2.75, 3.05) is 24.3 Å². The third kappa shape index (κ3) is 7.97. The molecule has 1 atom stereocenters. The largest absolute Gasteiger partial charge is 0.497 e. The summed E-state index contributed by atoms with van der Waals surface area (Å²) >= 11 is 0. The molecule has 0 aliphatic heterocycles. The quantitative estimate of drug-likeness (QED) is 0.121. The number of carbonyl (C=O) groups is 1. The molecule has 2 rings (SSSR count). The Morgan fingerprint density at radius 2 is 1.82 bits per heavy atom. The Morgan fingerprint density at radius 1 is 1.12 bits per heavy atom. The van der Waals surface area contributed by atoms with Gasteiger partial charge in [-0.1, -0.05) is 0 Å². The maximum Gasteiger partial charge on any atom is 0.299 e. The minimum atomic E-state index is -0.719. The van der Waals surface area contributed by atoms with Crippen LogP contribution in [0.2, 0.25) is 0 Å². The van der Waals surface area contributed by atoms with Crippen LogP contribution in [-0.2, 0) is 4.79 Å². The molecule has 0 saturated heterocycles. The predicted octanol–water partition coefficient (Wildman–Crippen LogP) is 2.37. The number of carbonyl (C=O) groups excluding carboxylic acids is 1. The summed E-state index contributed by atoms with van der Waals surface area (Å²) in [7, 11) is 1.53. The fourth-order valence-electron chi connectivity index (χ4n) is 3.01.